The van der Waals surface area contributed by atoms with Gasteiger partial charge in [0.25, 0.3) is 0 Å². The number of hydrogen-bond donors (Lipinski definition) is 2. The van der Waals surface area contributed by atoms with Crippen LogP contribution in [-0.4, -0.2) is 31.3 Å². The zero-order chi connectivity index (χ0) is 19.6. The lowest BCUT2D eigenvalue weighted by atomic mass is 9.94. The number of carbonyl (C=O) groups is 2. The number of hydrogen-bond acceptors (Lipinski definition) is 4. The molecule has 2 N–H and O–H groups in total. The van der Waals surface area contributed by atoms with E-state index in [9.17, 15) is 18.0 Å². The molecule has 0 saturated heterocycles. The number of ketones is 1. The van der Waals surface area contributed by atoms with E-state index in [2.05, 4.69) is 4.72 Å². The van der Waals surface area contributed by atoms with Crippen molar-refractivity contribution < 1.29 is 23.1 Å². The van der Waals surface area contributed by atoms with Crippen molar-refractivity contribution in [2.24, 2.45) is 5.92 Å². The first-order valence-corrected chi connectivity index (χ1v) is 10.2. The van der Waals surface area contributed by atoms with E-state index >= 15 is 0 Å². The van der Waals surface area contributed by atoms with Gasteiger partial charge in [0.2, 0.25) is 10.0 Å². The number of carbonyl (C=O) groups excluding carboxylic acids is 1. The van der Waals surface area contributed by atoms with Gasteiger partial charge in [-0.05, 0) is 42.2 Å². The van der Waals surface area contributed by atoms with Gasteiger partial charge in [0, 0.05) is 17.5 Å². The number of benzene rings is 2. The topological polar surface area (TPSA) is 101 Å². The molecule has 2 aromatic rings. The molecule has 2 unspecified atom stereocenters. The van der Waals surface area contributed by atoms with Crippen LogP contribution < -0.4 is 4.72 Å². The Bertz CT molecular complexity index is 969. The van der Waals surface area contributed by atoms with Crippen LogP contribution in [0.25, 0.3) is 0 Å². The van der Waals surface area contributed by atoms with E-state index in [0.29, 0.717) is 18.4 Å². The highest BCUT2D eigenvalue weighted by Crippen LogP contribution is 2.26. The van der Waals surface area contributed by atoms with Crippen molar-refractivity contribution in [2.45, 2.75) is 37.1 Å². The van der Waals surface area contributed by atoms with Crippen LogP contribution in [0.1, 0.15) is 34.8 Å². The number of fused-ring (bicyclic) bond motifs is 1. The Morgan fingerprint density at radius 3 is 2.44 bits per heavy atom. The molecule has 2 aromatic carbocycles. The summed E-state index contributed by atoms with van der Waals surface area (Å²) in [6.45, 7) is 1.60. The predicted molar refractivity (Wildman–Crippen MR) is 100 cm³/mol. The minimum absolute atomic E-state index is 0.213. The molecule has 142 valence electrons. The van der Waals surface area contributed by atoms with Gasteiger partial charge in [-0.15, -0.1) is 0 Å². The molecule has 3 rings (SSSR count). The SMILES string of the molecule is CC(CC(=O)O)C(=O)c1ccc2c(c1)CC(NS(=O)(=O)c1ccccc1)C2. The first kappa shape index (κ1) is 19.3. The van der Waals surface area contributed by atoms with Gasteiger partial charge in [-0.25, -0.2) is 13.1 Å². The predicted octanol–water partition coefficient (Wildman–Crippen LogP) is 2.43. The Kier molecular flexibility index (Phi) is 5.43. The average Bonchev–Trinajstić information content (AvgIpc) is 3.01. The molecular formula is C20H21NO5S. The molecule has 27 heavy (non-hydrogen) atoms. The number of carboxylic acid groups (broad SMARTS) is 1. The number of aliphatic carboxylic acids is 1. The quantitative estimate of drug-likeness (QED) is 0.711. The molecule has 6 nitrogen and oxygen atoms in total. The van der Waals surface area contributed by atoms with Crippen LogP contribution in [-0.2, 0) is 27.7 Å². The molecule has 2 atom stereocenters. The van der Waals surface area contributed by atoms with Crippen LogP contribution in [0.5, 0.6) is 0 Å². The largest absolute Gasteiger partial charge is 0.481 e. The highest BCUT2D eigenvalue weighted by molar-refractivity contribution is 7.89. The Morgan fingerprint density at radius 2 is 1.78 bits per heavy atom. The van der Waals surface area contributed by atoms with Crippen LogP contribution >= 0.6 is 0 Å². The smallest absolute Gasteiger partial charge is 0.304 e. The number of Topliss-reactive ketones (excluding diaryl/α,β-unsaturated/α-hetero) is 1. The highest BCUT2D eigenvalue weighted by atomic mass is 32.2. The van der Waals surface area contributed by atoms with Crippen LogP contribution in [0.3, 0.4) is 0 Å². The molecule has 0 aromatic heterocycles. The zero-order valence-electron chi connectivity index (χ0n) is 14.9. The summed E-state index contributed by atoms with van der Waals surface area (Å²) in [6.07, 6.45) is 0.839. The molecule has 0 aliphatic heterocycles. The van der Waals surface area contributed by atoms with Gasteiger partial charge >= 0.3 is 5.97 Å². The van der Waals surface area contributed by atoms with Crippen molar-refractivity contribution in [3.63, 3.8) is 0 Å². The minimum Gasteiger partial charge on any atom is -0.481 e. The fourth-order valence-electron chi connectivity index (χ4n) is 3.38. The van der Waals surface area contributed by atoms with Gasteiger partial charge in [0.15, 0.2) is 5.78 Å². The van der Waals surface area contributed by atoms with E-state index in [0.717, 1.165) is 11.1 Å². The normalized spacial score (nSPS) is 17.3. The number of rotatable bonds is 7. The maximum absolute atomic E-state index is 12.5. The third kappa shape index (κ3) is 4.43. The van der Waals surface area contributed by atoms with Gasteiger partial charge in [-0.2, -0.15) is 0 Å². The molecule has 1 aliphatic carbocycles. The number of nitrogens with one attached hydrogen (secondary N) is 1. The molecule has 0 fully saturated rings. The fourth-order valence-corrected chi connectivity index (χ4v) is 4.64. The lowest BCUT2D eigenvalue weighted by molar-refractivity contribution is -0.137. The summed E-state index contributed by atoms with van der Waals surface area (Å²) >= 11 is 0. The minimum atomic E-state index is -3.60. The van der Waals surface area contributed by atoms with Crippen molar-refractivity contribution in [1.82, 2.24) is 4.72 Å². The van der Waals surface area contributed by atoms with Crippen LogP contribution in [0.15, 0.2) is 53.4 Å². The van der Waals surface area contributed by atoms with E-state index in [1.165, 1.54) is 0 Å². The fraction of sp³-hybridized carbons (Fsp3) is 0.300. The second kappa shape index (κ2) is 7.62. The monoisotopic (exact) mass is 387 g/mol. The molecule has 0 spiro atoms. The van der Waals surface area contributed by atoms with E-state index in [-0.39, 0.29) is 23.1 Å². The van der Waals surface area contributed by atoms with Crippen LogP contribution in [0.2, 0.25) is 0 Å². The summed E-state index contributed by atoms with van der Waals surface area (Å²) in [6, 6.07) is 13.2. The molecule has 0 saturated carbocycles. The highest BCUT2D eigenvalue weighted by Gasteiger charge is 2.28. The summed E-state index contributed by atoms with van der Waals surface area (Å²) in [5, 5.41) is 8.85. The van der Waals surface area contributed by atoms with Gasteiger partial charge in [-0.1, -0.05) is 37.3 Å². The van der Waals surface area contributed by atoms with Gasteiger partial charge in [-0.3, -0.25) is 9.59 Å². The maximum atomic E-state index is 12.5. The Labute approximate surface area is 158 Å². The van der Waals surface area contributed by atoms with Crippen LogP contribution in [0.4, 0.5) is 0 Å². The Morgan fingerprint density at radius 1 is 1.11 bits per heavy atom. The van der Waals surface area contributed by atoms with E-state index in [1.807, 2.05) is 6.07 Å². The molecule has 0 amide bonds. The third-order valence-electron chi connectivity index (χ3n) is 4.73. The first-order valence-electron chi connectivity index (χ1n) is 8.71. The molecule has 7 heteroatoms. The summed E-state index contributed by atoms with van der Waals surface area (Å²) in [7, 11) is -3.60. The van der Waals surface area contributed by atoms with Gasteiger partial charge in [0.05, 0.1) is 11.3 Å². The van der Waals surface area contributed by atoms with Crippen molar-refractivity contribution in [3.05, 3.63) is 65.2 Å². The molecule has 0 heterocycles. The van der Waals surface area contributed by atoms with Crippen molar-refractivity contribution in [1.29, 1.82) is 0 Å². The van der Waals surface area contributed by atoms with E-state index in [1.54, 1.807) is 49.4 Å². The second-order valence-corrected chi connectivity index (χ2v) is 8.60. The van der Waals surface area contributed by atoms with Crippen LogP contribution in [0, 0.1) is 5.92 Å². The molecule has 0 bridgehead atoms. The van der Waals surface area contributed by atoms with Gasteiger partial charge < -0.3 is 5.11 Å². The molecule has 0 radical (unpaired) electrons. The first-order chi connectivity index (χ1) is 12.8. The molecular weight excluding hydrogens is 366 g/mol. The number of carboxylic acids is 1. The second-order valence-electron chi connectivity index (χ2n) is 6.89. The zero-order valence-corrected chi connectivity index (χ0v) is 15.7. The molecule has 1 aliphatic rings. The van der Waals surface area contributed by atoms with Crippen molar-refractivity contribution in [2.75, 3.05) is 0 Å². The summed E-state index contributed by atoms with van der Waals surface area (Å²) in [5.41, 5.74) is 2.39. The number of sulfonamides is 1. The van der Waals surface area contributed by atoms with Crippen molar-refractivity contribution in [3.8, 4) is 0 Å². The Balaban J connectivity index is 1.72. The van der Waals surface area contributed by atoms with Crippen molar-refractivity contribution >= 4 is 21.8 Å². The summed E-state index contributed by atoms with van der Waals surface area (Å²) in [5.74, 6) is -1.82. The lowest BCUT2D eigenvalue weighted by Gasteiger charge is -2.12. The Hall–Kier alpha value is -2.51. The standard InChI is InChI=1S/C20H21NO5S/c1-13(9-19(22)23)20(24)15-8-7-14-11-17(12-16(14)10-15)21-27(25,26)18-5-3-2-4-6-18/h2-8,10,13,17,21H,9,11-12H2,1H3,(H,22,23). The van der Waals surface area contributed by atoms with E-state index in [4.69, 9.17) is 5.11 Å². The summed E-state index contributed by atoms with van der Waals surface area (Å²) < 4.78 is 27.7. The van der Waals surface area contributed by atoms with E-state index < -0.39 is 21.9 Å². The maximum Gasteiger partial charge on any atom is 0.304 e. The van der Waals surface area contributed by atoms with Gasteiger partial charge in [0.1, 0.15) is 0 Å². The average molecular weight is 387 g/mol. The lowest BCUT2D eigenvalue weighted by Crippen LogP contribution is -2.35. The third-order valence-corrected chi connectivity index (χ3v) is 6.26. The summed E-state index contributed by atoms with van der Waals surface area (Å²) in [4.78, 5) is 23.4.